The Morgan fingerprint density at radius 2 is 1.64 bits per heavy atom. The fraction of sp³-hybridized carbons (Fsp3) is 0.111. The Kier molecular flexibility index (Phi) is 5.58. The Labute approximate surface area is 161 Å². The summed E-state index contributed by atoms with van der Waals surface area (Å²) >= 11 is 17.4. The topological polar surface area (TPSA) is 41.9 Å². The Morgan fingerprint density at radius 1 is 1.04 bits per heavy atom. The molecule has 1 aromatic heterocycles. The zero-order valence-electron chi connectivity index (χ0n) is 13.4. The van der Waals surface area contributed by atoms with Gasteiger partial charge in [0.1, 0.15) is 11.9 Å². The standard InChI is InChI=1S/C18H16Cl2N4S/c1-24-11-10-21-17(24)16(12-2-4-13(19)5-3-12)23-18(25)22-15-8-6-14(20)7-9-15/h2-11,16H,1H3,(H2,22,23,25)/t16-/m0/s1. The molecule has 0 aliphatic carbocycles. The van der Waals surface area contributed by atoms with Crippen molar-refractivity contribution in [3.8, 4) is 0 Å². The first-order valence-electron chi connectivity index (χ1n) is 7.59. The number of aryl methyl sites for hydroxylation is 1. The molecule has 0 amide bonds. The monoisotopic (exact) mass is 390 g/mol. The van der Waals surface area contributed by atoms with Gasteiger partial charge < -0.3 is 15.2 Å². The molecule has 2 aromatic carbocycles. The molecule has 7 heteroatoms. The van der Waals surface area contributed by atoms with E-state index in [4.69, 9.17) is 35.4 Å². The van der Waals surface area contributed by atoms with E-state index in [1.165, 1.54) is 0 Å². The van der Waals surface area contributed by atoms with E-state index in [0.29, 0.717) is 15.2 Å². The highest BCUT2D eigenvalue weighted by Crippen LogP contribution is 2.22. The number of rotatable bonds is 4. The second-order valence-corrected chi connectivity index (χ2v) is 6.77. The zero-order chi connectivity index (χ0) is 17.8. The lowest BCUT2D eigenvalue weighted by Gasteiger charge is -2.21. The summed E-state index contributed by atoms with van der Waals surface area (Å²) in [4.78, 5) is 4.45. The smallest absolute Gasteiger partial charge is 0.171 e. The zero-order valence-corrected chi connectivity index (χ0v) is 15.7. The van der Waals surface area contributed by atoms with Crippen molar-refractivity contribution in [1.29, 1.82) is 0 Å². The van der Waals surface area contributed by atoms with Gasteiger partial charge in [0.15, 0.2) is 5.11 Å². The molecule has 0 saturated carbocycles. The van der Waals surface area contributed by atoms with E-state index >= 15 is 0 Å². The average molecular weight is 391 g/mol. The highest BCUT2D eigenvalue weighted by Gasteiger charge is 2.19. The van der Waals surface area contributed by atoms with Crippen LogP contribution in [0.5, 0.6) is 0 Å². The van der Waals surface area contributed by atoms with Gasteiger partial charge in [-0.05, 0) is 54.2 Å². The van der Waals surface area contributed by atoms with Gasteiger partial charge in [0, 0.05) is 35.2 Å². The summed E-state index contributed by atoms with van der Waals surface area (Å²) in [6, 6.07) is 14.8. The van der Waals surface area contributed by atoms with Crippen molar-refractivity contribution in [2.75, 3.05) is 5.32 Å². The molecule has 4 nitrogen and oxygen atoms in total. The molecular weight excluding hydrogens is 375 g/mol. The van der Waals surface area contributed by atoms with Crippen molar-refractivity contribution >= 4 is 46.2 Å². The summed E-state index contributed by atoms with van der Waals surface area (Å²) < 4.78 is 1.96. The van der Waals surface area contributed by atoms with Crippen molar-refractivity contribution in [2.45, 2.75) is 6.04 Å². The van der Waals surface area contributed by atoms with E-state index in [0.717, 1.165) is 17.1 Å². The SMILES string of the molecule is Cn1ccnc1[C@@H](NC(=S)Nc1ccc(Cl)cc1)c1ccc(Cl)cc1. The number of anilines is 1. The van der Waals surface area contributed by atoms with Gasteiger partial charge in [-0.2, -0.15) is 0 Å². The van der Waals surface area contributed by atoms with Gasteiger partial charge >= 0.3 is 0 Å². The summed E-state index contributed by atoms with van der Waals surface area (Å²) in [5.41, 5.74) is 1.87. The van der Waals surface area contributed by atoms with Crippen LogP contribution < -0.4 is 10.6 Å². The Balaban J connectivity index is 1.82. The van der Waals surface area contributed by atoms with E-state index in [2.05, 4.69) is 15.6 Å². The fourth-order valence-electron chi connectivity index (χ4n) is 2.44. The predicted molar refractivity (Wildman–Crippen MR) is 107 cm³/mol. The Hall–Kier alpha value is -2.08. The van der Waals surface area contributed by atoms with E-state index in [1.54, 1.807) is 6.20 Å². The number of nitrogens with one attached hydrogen (secondary N) is 2. The van der Waals surface area contributed by atoms with Crippen molar-refractivity contribution in [2.24, 2.45) is 7.05 Å². The number of hydrogen-bond acceptors (Lipinski definition) is 2. The molecule has 0 spiro atoms. The third-order valence-corrected chi connectivity index (χ3v) is 4.42. The van der Waals surface area contributed by atoms with Gasteiger partial charge in [-0.25, -0.2) is 4.98 Å². The number of halogens is 2. The molecule has 0 saturated heterocycles. The third kappa shape index (κ3) is 4.51. The summed E-state index contributed by atoms with van der Waals surface area (Å²) in [5.74, 6) is 0.850. The van der Waals surface area contributed by atoms with Crippen LogP contribution in [0.3, 0.4) is 0 Å². The van der Waals surface area contributed by atoms with Crippen LogP contribution in [0.15, 0.2) is 60.9 Å². The fourth-order valence-corrected chi connectivity index (χ4v) is 2.93. The predicted octanol–water partition coefficient (Wildman–Crippen LogP) is 4.80. The van der Waals surface area contributed by atoms with E-state index in [9.17, 15) is 0 Å². The Bertz CT molecular complexity index is 860. The summed E-state index contributed by atoms with van der Waals surface area (Å²) in [6.07, 6.45) is 3.66. The van der Waals surface area contributed by atoms with Crippen molar-refractivity contribution in [3.05, 3.63) is 82.4 Å². The van der Waals surface area contributed by atoms with Gasteiger partial charge in [0.2, 0.25) is 0 Å². The molecule has 0 unspecified atom stereocenters. The second kappa shape index (κ2) is 7.87. The van der Waals surface area contributed by atoms with Crippen LogP contribution in [0.4, 0.5) is 5.69 Å². The first-order valence-corrected chi connectivity index (χ1v) is 8.75. The molecule has 128 valence electrons. The van der Waals surface area contributed by atoms with Crippen molar-refractivity contribution in [1.82, 2.24) is 14.9 Å². The van der Waals surface area contributed by atoms with Crippen molar-refractivity contribution in [3.63, 3.8) is 0 Å². The largest absolute Gasteiger partial charge is 0.348 e. The normalized spacial score (nSPS) is 11.8. The number of thiocarbonyl (C=S) groups is 1. The maximum atomic E-state index is 6.01. The van der Waals surface area contributed by atoms with Gasteiger partial charge in [0.25, 0.3) is 0 Å². The molecule has 3 aromatic rings. The van der Waals surface area contributed by atoms with Crippen LogP contribution in [-0.4, -0.2) is 14.7 Å². The first-order chi connectivity index (χ1) is 12.0. The molecule has 3 rings (SSSR count). The average Bonchev–Trinajstić information content (AvgIpc) is 3.01. The maximum Gasteiger partial charge on any atom is 0.171 e. The van der Waals surface area contributed by atoms with Crippen LogP contribution in [0.2, 0.25) is 10.0 Å². The molecule has 0 fully saturated rings. The molecule has 0 bridgehead atoms. The molecule has 1 atom stereocenters. The number of benzene rings is 2. The minimum absolute atomic E-state index is 0.204. The first kappa shape index (κ1) is 17.7. The van der Waals surface area contributed by atoms with Crippen LogP contribution in [-0.2, 0) is 7.05 Å². The van der Waals surface area contributed by atoms with E-state index < -0.39 is 0 Å². The summed E-state index contributed by atoms with van der Waals surface area (Å²) in [5, 5.41) is 8.33. The quantitative estimate of drug-likeness (QED) is 0.627. The number of hydrogen-bond donors (Lipinski definition) is 2. The van der Waals surface area contributed by atoms with Gasteiger partial charge in [0.05, 0.1) is 0 Å². The Morgan fingerprint density at radius 3 is 2.20 bits per heavy atom. The van der Waals surface area contributed by atoms with Crippen LogP contribution in [0, 0.1) is 0 Å². The highest BCUT2D eigenvalue weighted by molar-refractivity contribution is 7.80. The highest BCUT2D eigenvalue weighted by atomic mass is 35.5. The van der Waals surface area contributed by atoms with Crippen LogP contribution in [0.1, 0.15) is 17.4 Å². The molecule has 25 heavy (non-hydrogen) atoms. The molecule has 2 N–H and O–H groups in total. The lowest BCUT2D eigenvalue weighted by molar-refractivity contribution is 0.664. The maximum absolute atomic E-state index is 6.01. The lowest BCUT2D eigenvalue weighted by atomic mass is 10.1. The molecule has 0 aliphatic rings. The second-order valence-electron chi connectivity index (χ2n) is 5.49. The summed E-state index contributed by atoms with van der Waals surface area (Å²) in [6.45, 7) is 0. The van der Waals surface area contributed by atoms with Crippen LogP contribution in [0.25, 0.3) is 0 Å². The van der Waals surface area contributed by atoms with Crippen LogP contribution >= 0.6 is 35.4 Å². The third-order valence-electron chi connectivity index (χ3n) is 3.70. The molecule has 0 radical (unpaired) electrons. The molecular formula is C18H16Cl2N4S. The minimum Gasteiger partial charge on any atom is -0.348 e. The number of nitrogens with zero attached hydrogens (tertiary/aromatic N) is 2. The van der Waals surface area contributed by atoms with Gasteiger partial charge in [-0.3, -0.25) is 0 Å². The van der Waals surface area contributed by atoms with Gasteiger partial charge in [-0.1, -0.05) is 35.3 Å². The van der Waals surface area contributed by atoms with E-state index in [1.807, 2.05) is 66.3 Å². The minimum atomic E-state index is -0.204. The number of aromatic nitrogens is 2. The van der Waals surface area contributed by atoms with E-state index in [-0.39, 0.29) is 6.04 Å². The molecule has 0 aliphatic heterocycles. The van der Waals surface area contributed by atoms with Gasteiger partial charge in [-0.15, -0.1) is 0 Å². The summed E-state index contributed by atoms with van der Waals surface area (Å²) in [7, 11) is 1.95. The number of imidazole rings is 1. The molecule has 1 heterocycles. The van der Waals surface area contributed by atoms with Crippen molar-refractivity contribution < 1.29 is 0 Å². The lowest BCUT2D eigenvalue weighted by Crippen LogP contribution is -2.34.